The predicted molar refractivity (Wildman–Crippen MR) is 81.9 cm³/mol. The third-order valence-electron chi connectivity index (χ3n) is 6.64. The molecule has 1 atom stereocenters. The van der Waals surface area contributed by atoms with E-state index in [0.29, 0.717) is 5.41 Å². The second-order valence-corrected chi connectivity index (χ2v) is 8.45. The van der Waals surface area contributed by atoms with E-state index >= 15 is 0 Å². The van der Waals surface area contributed by atoms with Crippen LogP contribution in [0.25, 0.3) is 0 Å². The zero-order valence-electron chi connectivity index (χ0n) is 13.5. The maximum Gasteiger partial charge on any atom is 0.309 e. The van der Waals surface area contributed by atoms with Gasteiger partial charge in [-0.3, -0.25) is 9.59 Å². The van der Waals surface area contributed by atoms with Crippen LogP contribution in [-0.4, -0.2) is 24.5 Å². The Kier molecular flexibility index (Phi) is 3.46. The molecule has 0 heterocycles. The number of carbonyl (C=O) groups excluding carboxylic acids is 2. The van der Waals surface area contributed by atoms with Gasteiger partial charge in [0, 0.05) is 6.04 Å². The molecule has 5 rings (SSSR count). The second-order valence-electron chi connectivity index (χ2n) is 8.45. The zero-order chi connectivity index (χ0) is 15.3. The molecule has 1 N–H and O–H groups in total. The lowest BCUT2D eigenvalue weighted by Crippen LogP contribution is -2.56. The van der Waals surface area contributed by atoms with Crippen LogP contribution in [0.5, 0.6) is 0 Å². The second kappa shape index (κ2) is 5.24. The highest BCUT2D eigenvalue weighted by Gasteiger charge is 2.53. The van der Waals surface area contributed by atoms with Crippen LogP contribution in [-0.2, 0) is 14.3 Å². The summed E-state index contributed by atoms with van der Waals surface area (Å²) in [5, 5.41) is 3.14. The lowest BCUT2D eigenvalue weighted by Gasteiger charge is -2.59. The van der Waals surface area contributed by atoms with Crippen molar-refractivity contribution in [3.8, 4) is 0 Å². The van der Waals surface area contributed by atoms with Crippen molar-refractivity contribution in [1.82, 2.24) is 5.32 Å². The van der Waals surface area contributed by atoms with Gasteiger partial charge in [-0.25, -0.2) is 0 Å². The Morgan fingerprint density at radius 2 is 1.64 bits per heavy atom. The lowest BCUT2D eigenvalue weighted by molar-refractivity contribution is -0.150. The van der Waals surface area contributed by atoms with Gasteiger partial charge in [0.1, 0.15) is 0 Å². The van der Waals surface area contributed by atoms with Crippen molar-refractivity contribution in [2.45, 2.75) is 64.3 Å². The fourth-order valence-electron chi connectivity index (χ4n) is 5.72. The monoisotopic (exact) mass is 305 g/mol. The molecule has 5 aliphatic carbocycles. The molecule has 4 nitrogen and oxygen atoms in total. The summed E-state index contributed by atoms with van der Waals surface area (Å²) < 4.78 is 5.10. The number of rotatable bonds is 5. The lowest BCUT2D eigenvalue weighted by atomic mass is 9.48. The van der Waals surface area contributed by atoms with Gasteiger partial charge < -0.3 is 10.1 Å². The molecule has 5 fully saturated rings. The Labute approximate surface area is 132 Å². The average Bonchev–Trinajstić information content (AvgIpc) is 3.27. The molecule has 22 heavy (non-hydrogen) atoms. The molecule has 0 unspecified atom stereocenters. The molecule has 0 aromatic carbocycles. The number of carbonyl (C=O) groups is 2. The first kappa shape index (κ1) is 14.5. The van der Waals surface area contributed by atoms with E-state index in [-0.39, 0.29) is 30.4 Å². The van der Waals surface area contributed by atoms with Gasteiger partial charge in [0.2, 0.25) is 0 Å². The summed E-state index contributed by atoms with van der Waals surface area (Å²) in [5.41, 5.74) is 0.310. The fourth-order valence-corrected chi connectivity index (χ4v) is 5.72. The van der Waals surface area contributed by atoms with Gasteiger partial charge in [0.05, 0.1) is 5.92 Å². The van der Waals surface area contributed by atoms with Crippen LogP contribution < -0.4 is 5.32 Å². The zero-order valence-corrected chi connectivity index (χ0v) is 13.5. The van der Waals surface area contributed by atoms with E-state index in [0.717, 1.165) is 30.6 Å². The maximum absolute atomic E-state index is 12.1. The number of nitrogens with one attached hydrogen (secondary N) is 1. The molecule has 5 aliphatic rings. The molecule has 0 aliphatic heterocycles. The molecule has 0 radical (unpaired) electrons. The van der Waals surface area contributed by atoms with Crippen LogP contribution in [0, 0.1) is 29.1 Å². The Balaban J connectivity index is 1.32. The first-order chi connectivity index (χ1) is 10.5. The van der Waals surface area contributed by atoms with Crippen molar-refractivity contribution < 1.29 is 14.3 Å². The number of hydrogen-bond acceptors (Lipinski definition) is 3. The third-order valence-corrected chi connectivity index (χ3v) is 6.64. The van der Waals surface area contributed by atoms with E-state index in [2.05, 4.69) is 12.2 Å². The van der Waals surface area contributed by atoms with Crippen molar-refractivity contribution in [2.75, 3.05) is 6.61 Å². The van der Waals surface area contributed by atoms with Crippen molar-refractivity contribution >= 4 is 11.9 Å². The first-order valence-electron chi connectivity index (χ1n) is 9.00. The summed E-state index contributed by atoms with van der Waals surface area (Å²) in [6.07, 6.45) is 9.93. The molecule has 0 spiro atoms. The van der Waals surface area contributed by atoms with E-state index in [9.17, 15) is 9.59 Å². The SMILES string of the molecule is C[C@@H](NC(=O)COC(=O)C1CC1)C12CC3CC(CC(C3)C1)C2. The van der Waals surface area contributed by atoms with E-state index in [1.54, 1.807) is 0 Å². The molecular weight excluding hydrogens is 278 g/mol. The van der Waals surface area contributed by atoms with E-state index in [1.807, 2.05) is 0 Å². The minimum Gasteiger partial charge on any atom is -0.455 e. The minimum absolute atomic E-state index is 0.0633. The number of amides is 1. The van der Waals surface area contributed by atoms with Crippen LogP contribution in [0.1, 0.15) is 58.3 Å². The van der Waals surface area contributed by atoms with Crippen molar-refractivity contribution in [2.24, 2.45) is 29.1 Å². The minimum atomic E-state index is -0.197. The van der Waals surface area contributed by atoms with Gasteiger partial charge >= 0.3 is 5.97 Å². The fraction of sp³-hybridized carbons (Fsp3) is 0.889. The van der Waals surface area contributed by atoms with Gasteiger partial charge in [-0.15, -0.1) is 0 Å². The maximum atomic E-state index is 12.1. The van der Waals surface area contributed by atoms with Gasteiger partial charge in [0.25, 0.3) is 5.91 Å². The standard InChI is InChI=1S/C18H27NO3/c1-11(19-16(20)10-22-17(21)15-2-3-15)18-7-12-4-13(8-18)6-14(5-12)9-18/h11-15H,2-10H2,1H3,(H,19,20)/t11-,12?,13?,14?,18?/m1/s1. The van der Waals surface area contributed by atoms with Crippen molar-refractivity contribution in [3.63, 3.8) is 0 Å². The number of ether oxygens (including phenoxy) is 1. The quantitative estimate of drug-likeness (QED) is 0.795. The molecule has 5 saturated carbocycles. The van der Waals surface area contributed by atoms with E-state index < -0.39 is 0 Å². The third kappa shape index (κ3) is 2.65. The van der Waals surface area contributed by atoms with E-state index in [1.165, 1.54) is 38.5 Å². The largest absolute Gasteiger partial charge is 0.455 e. The summed E-state index contributed by atoms with van der Waals surface area (Å²) in [7, 11) is 0. The number of hydrogen-bond donors (Lipinski definition) is 1. The molecule has 0 saturated heterocycles. The molecule has 4 heteroatoms. The Hall–Kier alpha value is -1.06. The molecular formula is C18H27NO3. The average molecular weight is 305 g/mol. The molecule has 1 amide bonds. The van der Waals surface area contributed by atoms with Gasteiger partial charge in [0.15, 0.2) is 6.61 Å². The van der Waals surface area contributed by atoms with Gasteiger partial charge in [-0.2, -0.15) is 0 Å². The molecule has 4 bridgehead atoms. The molecule has 0 aromatic heterocycles. The van der Waals surface area contributed by atoms with Crippen LogP contribution in [0.2, 0.25) is 0 Å². The van der Waals surface area contributed by atoms with Crippen LogP contribution >= 0.6 is 0 Å². The Morgan fingerprint density at radius 3 is 2.14 bits per heavy atom. The van der Waals surface area contributed by atoms with Gasteiger partial charge in [-0.05, 0) is 81.5 Å². The summed E-state index contributed by atoms with van der Waals surface area (Å²) in [6, 6.07) is 0.202. The summed E-state index contributed by atoms with van der Waals surface area (Å²) in [6.45, 7) is 2.06. The normalized spacial score (nSPS) is 40.3. The first-order valence-corrected chi connectivity index (χ1v) is 9.00. The smallest absolute Gasteiger partial charge is 0.309 e. The topological polar surface area (TPSA) is 55.4 Å². The summed E-state index contributed by atoms with van der Waals surface area (Å²) in [5.74, 6) is 2.40. The van der Waals surface area contributed by atoms with Crippen LogP contribution in [0.4, 0.5) is 0 Å². The highest BCUT2D eigenvalue weighted by Crippen LogP contribution is 2.61. The highest BCUT2D eigenvalue weighted by molar-refractivity contribution is 5.82. The summed E-state index contributed by atoms with van der Waals surface area (Å²) >= 11 is 0. The van der Waals surface area contributed by atoms with Crippen molar-refractivity contribution in [1.29, 1.82) is 0 Å². The molecule has 0 aromatic rings. The molecule has 122 valence electrons. The van der Waals surface area contributed by atoms with Crippen molar-refractivity contribution in [3.05, 3.63) is 0 Å². The van der Waals surface area contributed by atoms with Crippen LogP contribution in [0.15, 0.2) is 0 Å². The Bertz CT molecular complexity index is 447. The van der Waals surface area contributed by atoms with Gasteiger partial charge in [-0.1, -0.05) is 0 Å². The van der Waals surface area contributed by atoms with Crippen LogP contribution in [0.3, 0.4) is 0 Å². The Morgan fingerprint density at radius 1 is 1.09 bits per heavy atom. The highest BCUT2D eigenvalue weighted by atomic mass is 16.5. The predicted octanol–water partition coefficient (Wildman–Crippen LogP) is 2.66. The summed E-state index contributed by atoms with van der Waals surface area (Å²) in [4.78, 5) is 23.6. The van der Waals surface area contributed by atoms with E-state index in [4.69, 9.17) is 4.74 Å². The number of esters is 1.